The molecule has 6 saturated heterocycles. The Bertz CT molecular complexity index is 1340. The van der Waals surface area contributed by atoms with Crippen molar-refractivity contribution < 1.29 is 48.0 Å². The van der Waals surface area contributed by atoms with E-state index in [0.717, 1.165) is 0 Å². The van der Waals surface area contributed by atoms with E-state index < -0.39 is 80.7 Å². The highest BCUT2D eigenvalue weighted by atomic mass is 16.8. The number of carbonyl (C=O) groups is 4. The van der Waals surface area contributed by atoms with Crippen LogP contribution in [0.1, 0.15) is 52.9 Å². The zero-order valence-electron chi connectivity index (χ0n) is 21.5. The standard InChI is InChI=1S/C28H30O10/c1-22-10-17-24(3)28-18(22)19(30)27(38-28,34-11-14(22)20(31)35-17)13-9-16-26(36-16)7-4-5-15(29)23(26,2)12(13)6-8-25(28,33)21(32)37-24/h4-5,12-14,16-18,33H,6-11H2,1-3H3/t12-,13-,14-,16+,17+,18-,22+,23-,24-,25-,26+,27+,28-/m0/s1. The summed E-state index contributed by atoms with van der Waals surface area (Å²) in [6, 6.07) is 0. The van der Waals surface area contributed by atoms with Crippen LogP contribution in [0.25, 0.3) is 0 Å². The van der Waals surface area contributed by atoms with Gasteiger partial charge in [-0.2, -0.15) is 0 Å². The average molecular weight is 527 g/mol. The van der Waals surface area contributed by atoms with Gasteiger partial charge in [-0.15, -0.1) is 0 Å². The van der Waals surface area contributed by atoms with E-state index in [-0.39, 0.29) is 43.5 Å². The minimum atomic E-state index is -2.19. The minimum absolute atomic E-state index is 0.0583. The Morgan fingerprint density at radius 1 is 1.05 bits per heavy atom. The second kappa shape index (κ2) is 5.82. The summed E-state index contributed by atoms with van der Waals surface area (Å²) in [5.74, 6) is -6.56. The third-order valence-corrected chi connectivity index (χ3v) is 12.9. The van der Waals surface area contributed by atoms with Gasteiger partial charge in [0.2, 0.25) is 5.79 Å². The zero-order valence-corrected chi connectivity index (χ0v) is 21.5. The molecule has 2 saturated carbocycles. The molecule has 0 aromatic rings. The molecule has 8 fully saturated rings. The van der Waals surface area contributed by atoms with Crippen LogP contribution in [-0.2, 0) is 42.9 Å². The number of rotatable bonds is 0. The summed E-state index contributed by atoms with van der Waals surface area (Å²) in [5.41, 5.74) is -8.23. The van der Waals surface area contributed by atoms with Crippen LogP contribution in [0.5, 0.6) is 0 Å². The second-order valence-electron chi connectivity index (χ2n) is 13.8. The topological polar surface area (TPSA) is 138 Å². The van der Waals surface area contributed by atoms with Crippen molar-refractivity contribution in [1.82, 2.24) is 0 Å². The third kappa shape index (κ3) is 1.79. The monoisotopic (exact) mass is 526 g/mol. The van der Waals surface area contributed by atoms with Gasteiger partial charge in [0.1, 0.15) is 11.7 Å². The summed E-state index contributed by atoms with van der Waals surface area (Å²) in [5, 5.41) is 12.4. The van der Waals surface area contributed by atoms with Crippen molar-refractivity contribution >= 4 is 23.5 Å². The molecule has 0 aromatic heterocycles. The number of hydrogen-bond acceptors (Lipinski definition) is 10. The number of esters is 2. The van der Waals surface area contributed by atoms with Crippen LogP contribution in [0, 0.1) is 34.5 Å². The summed E-state index contributed by atoms with van der Waals surface area (Å²) in [7, 11) is 0. The molecule has 202 valence electrons. The molecule has 6 heterocycles. The van der Waals surface area contributed by atoms with Gasteiger partial charge in [0.05, 0.1) is 30.0 Å². The molecule has 3 aliphatic carbocycles. The van der Waals surface area contributed by atoms with Gasteiger partial charge in [-0.1, -0.05) is 13.0 Å². The molecule has 0 amide bonds. The molecule has 13 atom stereocenters. The highest BCUT2D eigenvalue weighted by molar-refractivity contribution is 6.00. The van der Waals surface area contributed by atoms with Gasteiger partial charge in [0, 0.05) is 5.92 Å². The number of ether oxygens (including phenoxy) is 5. The fourth-order valence-corrected chi connectivity index (χ4v) is 10.9. The number of ketones is 2. The van der Waals surface area contributed by atoms with Gasteiger partial charge in [-0.05, 0) is 63.4 Å². The number of aliphatic hydroxyl groups is 1. The van der Waals surface area contributed by atoms with E-state index in [1.807, 2.05) is 19.9 Å². The maximum Gasteiger partial charge on any atom is 0.342 e. The normalized spacial score (nSPS) is 64.1. The Hall–Kier alpha value is -2.14. The van der Waals surface area contributed by atoms with E-state index >= 15 is 0 Å². The van der Waals surface area contributed by atoms with Crippen LogP contribution in [0.2, 0.25) is 0 Å². The Morgan fingerprint density at radius 2 is 1.84 bits per heavy atom. The summed E-state index contributed by atoms with van der Waals surface area (Å²) in [6.07, 6.45) is 3.82. The van der Waals surface area contributed by atoms with Gasteiger partial charge in [-0.25, -0.2) is 4.79 Å². The lowest BCUT2D eigenvalue weighted by molar-refractivity contribution is -0.375. The van der Waals surface area contributed by atoms with Crippen molar-refractivity contribution in [2.75, 3.05) is 6.61 Å². The van der Waals surface area contributed by atoms with E-state index in [2.05, 4.69) is 0 Å². The van der Waals surface area contributed by atoms with Crippen molar-refractivity contribution in [2.24, 2.45) is 34.5 Å². The molecule has 6 aliphatic heterocycles. The SMILES string of the molecule is C[C@@]12C[C@H]3OC(=O)[C@@H]1CO[C@]14O[C@@]5([C@H]2C1=O)[C@@]3(C)OC(=O)[C@@]5(O)CC[C@H]1[C@@H]4C[C@H]2O[C@]23CC=CC(=O)[C@]13C. The summed E-state index contributed by atoms with van der Waals surface area (Å²) in [6.45, 7) is 5.27. The summed E-state index contributed by atoms with van der Waals surface area (Å²) in [4.78, 5) is 55.6. The molecule has 0 unspecified atom stereocenters. The van der Waals surface area contributed by atoms with Crippen LogP contribution < -0.4 is 0 Å². The highest BCUT2D eigenvalue weighted by Crippen LogP contribution is 2.77. The zero-order chi connectivity index (χ0) is 26.5. The molecule has 3 spiro atoms. The van der Waals surface area contributed by atoms with Gasteiger partial charge in [0.25, 0.3) is 0 Å². The van der Waals surface area contributed by atoms with Gasteiger partial charge >= 0.3 is 11.9 Å². The Labute approximate surface area is 218 Å². The predicted molar refractivity (Wildman–Crippen MR) is 122 cm³/mol. The quantitative estimate of drug-likeness (QED) is 0.356. The lowest BCUT2D eigenvalue weighted by atomic mass is 9.46. The number of carbonyl (C=O) groups excluding carboxylic acids is 4. The van der Waals surface area contributed by atoms with Crippen LogP contribution in [0.15, 0.2) is 12.2 Å². The van der Waals surface area contributed by atoms with Crippen LogP contribution >= 0.6 is 0 Å². The molecule has 38 heavy (non-hydrogen) atoms. The summed E-state index contributed by atoms with van der Waals surface area (Å²) >= 11 is 0. The first-order valence-corrected chi connectivity index (χ1v) is 13.8. The summed E-state index contributed by atoms with van der Waals surface area (Å²) < 4.78 is 31.5. The first kappa shape index (κ1) is 22.7. The van der Waals surface area contributed by atoms with E-state index in [9.17, 15) is 24.3 Å². The predicted octanol–water partition coefficient (Wildman–Crippen LogP) is 0.768. The highest BCUT2D eigenvalue weighted by Gasteiger charge is 2.94. The Balaban J connectivity index is 1.34. The first-order valence-electron chi connectivity index (χ1n) is 13.8. The fourth-order valence-electron chi connectivity index (χ4n) is 10.9. The number of Topliss-reactive ketones (excluding diaryl/α,β-unsaturated/α-hetero) is 1. The molecule has 10 heteroatoms. The molecule has 0 radical (unpaired) electrons. The van der Waals surface area contributed by atoms with Gasteiger partial charge in [-0.3, -0.25) is 14.4 Å². The van der Waals surface area contributed by atoms with E-state index in [4.69, 9.17) is 23.7 Å². The largest absolute Gasteiger partial charge is 0.458 e. The molecule has 5 bridgehead atoms. The van der Waals surface area contributed by atoms with Gasteiger partial charge < -0.3 is 28.8 Å². The Morgan fingerprint density at radius 3 is 2.63 bits per heavy atom. The number of hydrogen-bond donors (Lipinski definition) is 1. The molecule has 1 N–H and O–H groups in total. The molecule has 0 aromatic carbocycles. The average Bonchev–Trinajstić information content (AvgIpc) is 3.45. The van der Waals surface area contributed by atoms with Crippen molar-refractivity contribution in [3.8, 4) is 0 Å². The number of allylic oxidation sites excluding steroid dienone is 1. The van der Waals surface area contributed by atoms with Crippen molar-refractivity contribution in [3.05, 3.63) is 12.2 Å². The van der Waals surface area contributed by atoms with Gasteiger partial charge in [0.15, 0.2) is 28.4 Å². The molecular formula is C28H30O10. The van der Waals surface area contributed by atoms with Crippen LogP contribution in [-0.4, -0.2) is 75.6 Å². The smallest absolute Gasteiger partial charge is 0.342 e. The fraction of sp³-hybridized carbons (Fsp3) is 0.786. The van der Waals surface area contributed by atoms with E-state index in [1.165, 1.54) is 0 Å². The molecule has 9 aliphatic rings. The first-order chi connectivity index (χ1) is 17.9. The van der Waals surface area contributed by atoms with Crippen molar-refractivity contribution in [3.63, 3.8) is 0 Å². The number of epoxide rings is 1. The van der Waals surface area contributed by atoms with E-state index in [0.29, 0.717) is 12.8 Å². The van der Waals surface area contributed by atoms with Crippen LogP contribution in [0.3, 0.4) is 0 Å². The number of fused-ring (bicyclic) bond motifs is 4. The maximum absolute atomic E-state index is 14.9. The van der Waals surface area contributed by atoms with Crippen molar-refractivity contribution in [2.45, 2.75) is 93.3 Å². The second-order valence-corrected chi connectivity index (χ2v) is 13.8. The molecule has 10 nitrogen and oxygen atoms in total. The lowest BCUT2D eigenvalue weighted by Crippen LogP contribution is -2.79. The molecular weight excluding hydrogens is 496 g/mol. The lowest BCUT2D eigenvalue weighted by Gasteiger charge is -2.63. The molecule has 9 rings (SSSR count). The van der Waals surface area contributed by atoms with Crippen molar-refractivity contribution in [1.29, 1.82) is 0 Å². The third-order valence-electron chi connectivity index (χ3n) is 12.9. The van der Waals surface area contributed by atoms with E-state index in [1.54, 1.807) is 13.0 Å². The minimum Gasteiger partial charge on any atom is -0.458 e. The van der Waals surface area contributed by atoms with Crippen LogP contribution in [0.4, 0.5) is 0 Å². The Kier molecular flexibility index (Phi) is 3.47. The maximum atomic E-state index is 14.9.